The third-order valence-corrected chi connectivity index (χ3v) is 3.81. The summed E-state index contributed by atoms with van der Waals surface area (Å²) >= 11 is 3.14. The number of hydrogen-bond acceptors (Lipinski definition) is 7. The first-order chi connectivity index (χ1) is 8.88. The van der Waals surface area contributed by atoms with E-state index in [1.165, 1.54) is 16.2 Å². The van der Waals surface area contributed by atoms with Crippen molar-refractivity contribution in [3.05, 3.63) is 27.4 Å². The Kier molecular flexibility index (Phi) is 5.53. The molecule has 0 atom stereocenters. The summed E-state index contributed by atoms with van der Waals surface area (Å²) < 4.78 is 10.5. The number of ether oxygens (including phenoxy) is 2. The summed E-state index contributed by atoms with van der Waals surface area (Å²) in [5.41, 5.74) is 0. The van der Waals surface area contributed by atoms with Gasteiger partial charge in [-0.3, -0.25) is 0 Å². The van der Waals surface area contributed by atoms with Crippen LogP contribution in [0, 0.1) is 0 Å². The number of methoxy groups -OCH3 is 1. The summed E-state index contributed by atoms with van der Waals surface area (Å²) in [5, 5.41) is 14.8. The van der Waals surface area contributed by atoms with Crippen LogP contribution in [0.15, 0.2) is 17.5 Å². The fraction of sp³-hybridized carbons (Fsp3) is 0.455. The van der Waals surface area contributed by atoms with E-state index < -0.39 is 0 Å². The summed E-state index contributed by atoms with van der Waals surface area (Å²) in [4.78, 5) is 1.19. The van der Waals surface area contributed by atoms with Crippen LogP contribution < -0.4 is 10.1 Å². The first-order valence-electron chi connectivity index (χ1n) is 5.55. The van der Waals surface area contributed by atoms with E-state index in [1.807, 2.05) is 17.5 Å². The lowest BCUT2D eigenvalue weighted by Gasteiger charge is -1.99. The van der Waals surface area contributed by atoms with Crippen molar-refractivity contribution in [2.45, 2.75) is 13.2 Å². The van der Waals surface area contributed by atoms with Gasteiger partial charge < -0.3 is 14.8 Å². The molecule has 2 rings (SSSR count). The zero-order valence-corrected chi connectivity index (χ0v) is 11.7. The van der Waals surface area contributed by atoms with Crippen LogP contribution in [0.5, 0.6) is 5.19 Å². The minimum absolute atomic E-state index is 0.559. The molecule has 2 aromatic heterocycles. The van der Waals surface area contributed by atoms with Gasteiger partial charge in [-0.1, -0.05) is 22.5 Å². The molecule has 0 unspecified atom stereocenters. The Labute approximate surface area is 114 Å². The summed E-state index contributed by atoms with van der Waals surface area (Å²) in [7, 11) is 1.68. The lowest BCUT2D eigenvalue weighted by Crippen LogP contribution is -2.18. The monoisotopic (exact) mass is 285 g/mol. The number of hydrogen-bond donors (Lipinski definition) is 1. The smallest absolute Gasteiger partial charge is 0.294 e. The maximum Gasteiger partial charge on any atom is 0.294 e. The fourth-order valence-corrected chi connectivity index (χ4v) is 2.54. The van der Waals surface area contributed by atoms with Gasteiger partial charge in [0, 0.05) is 25.1 Å². The highest BCUT2D eigenvalue weighted by Gasteiger charge is 2.05. The molecule has 0 saturated heterocycles. The van der Waals surface area contributed by atoms with Crippen LogP contribution in [0.3, 0.4) is 0 Å². The van der Waals surface area contributed by atoms with Crippen LogP contribution in [0.2, 0.25) is 0 Å². The Balaban J connectivity index is 1.72. The highest BCUT2D eigenvalue weighted by Crippen LogP contribution is 2.20. The van der Waals surface area contributed by atoms with Crippen LogP contribution in [0.1, 0.15) is 9.88 Å². The van der Waals surface area contributed by atoms with E-state index in [2.05, 4.69) is 15.5 Å². The van der Waals surface area contributed by atoms with Crippen molar-refractivity contribution in [3.63, 3.8) is 0 Å². The SMILES string of the molecule is COCCNCc1nnc(OCc2cccs2)s1. The topological polar surface area (TPSA) is 56.3 Å². The first kappa shape index (κ1) is 13.4. The molecule has 2 heterocycles. The van der Waals surface area contributed by atoms with Gasteiger partial charge in [-0.25, -0.2) is 0 Å². The zero-order valence-electron chi connectivity index (χ0n) is 10.1. The van der Waals surface area contributed by atoms with Crippen molar-refractivity contribution in [1.82, 2.24) is 15.5 Å². The molecule has 0 aliphatic rings. The maximum absolute atomic E-state index is 5.56. The Bertz CT molecular complexity index is 445. The van der Waals surface area contributed by atoms with Gasteiger partial charge in [0.1, 0.15) is 11.6 Å². The number of nitrogens with one attached hydrogen (secondary N) is 1. The second-order valence-corrected chi connectivity index (χ2v) is 5.56. The van der Waals surface area contributed by atoms with E-state index in [0.29, 0.717) is 25.0 Å². The van der Waals surface area contributed by atoms with Gasteiger partial charge in [0.25, 0.3) is 5.19 Å². The van der Waals surface area contributed by atoms with E-state index in [-0.39, 0.29) is 0 Å². The lowest BCUT2D eigenvalue weighted by molar-refractivity contribution is 0.199. The minimum Gasteiger partial charge on any atom is -0.463 e. The molecule has 98 valence electrons. The normalized spacial score (nSPS) is 10.7. The predicted molar refractivity (Wildman–Crippen MR) is 72.1 cm³/mol. The van der Waals surface area contributed by atoms with Crippen molar-refractivity contribution in [3.8, 4) is 5.19 Å². The Hall–Kier alpha value is -1.02. The number of nitrogens with zero attached hydrogens (tertiary/aromatic N) is 2. The molecule has 0 fully saturated rings. The Morgan fingerprint density at radius 3 is 3.11 bits per heavy atom. The molecular formula is C11H15N3O2S2. The first-order valence-corrected chi connectivity index (χ1v) is 7.25. The van der Waals surface area contributed by atoms with Gasteiger partial charge in [0.05, 0.1) is 6.61 Å². The molecular weight excluding hydrogens is 270 g/mol. The molecule has 0 aromatic carbocycles. The van der Waals surface area contributed by atoms with Crippen molar-refractivity contribution in [2.24, 2.45) is 0 Å². The van der Waals surface area contributed by atoms with E-state index in [9.17, 15) is 0 Å². The molecule has 0 bridgehead atoms. The lowest BCUT2D eigenvalue weighted by atomic mass is 10.5. The largest absolute Gasteiger partial charge is 0.463 e. The summed E-state index contributed by atoms with van der Waals surface area (Å²) in [5.74, 6) is 0. The summed E-state index contributed by atoms with van der Waals surface area (Å²) in [6.07, 6.45) is 0. The van der Waals surface area contributed by atoms with Gasteiger partial charge in [0.2, 0.25) is 0 Å². The minimum atomic E-state index is 0.559. The highest BCUT2D eigenvalue weighted by atomic mass is 32.1. The van der Waals surface area contributed by atoms with E-state index in [1.54, 1.807) is 18.4 Å². The zero-order chi connectivity index (χ0) is 12.6. The third-order valence-electron chi connectivity index (χ3n) is 2.13. The van der Waals surface area contributed by atoms with Crippen molar-refractivity contribution < 1.29 is 9.47 Å². The van der Waals surface area contributed by atoms with Gasteiger partial charge >= 0.3 is 0 Å². The van der Waals surface area contributed by atoms with Gasteiger partial charge in [-0.05, 0) is 11.4 Å². The molecule has 0 spiro atoms. The van der Waals surface area contributed by atoms with E-state index in [4.69, 9.17) is 9.47 Å². The molecule has 0 radical (unpaired) electrons. The standard InChI is InChI=1S/C11H15N3O2S2/c1-15-5-4-12-7-10-13-14-11(18-10)16-8-9-3-2-6-17-9/h2-3,6,12H,4-5,7-8H2,1H3. The van der Waals surface area contributed by atoms with Gasteiger partial charge in [-0.2, -0.15) is 0 Å². The Morgan fingerprint density at radius 2 is 2.33 bits per heavy atom. The van der Waals surface area contributed by atoms with Crippen LogP contribution in [0.25, 0.3) is 0 Å². The van der Waals surface area contributed by atoms with Crippen LogP contribution in [-0.4, -0.2) is 30.5 Å². The molecule has 0 saturated carbocycles. The van der Waals surface area contributed by atoms with E-state index >= 15 is 0 Å². The molecule has 1 N–H and O–H groups in total. The third kappa shape index (κ3) is 4.34. The second kappa shape index (κ2) is 7.42. The quantitative estimate of drug-likeness (QED) is 0.751. The van der Waals surface area contributed by atoms with Crippen molar-refractivity contribution in [1.29, 1.82) is 0 Å². The van der Waals surface area contributed by atoms with Crippen LogP contribution in [0.4, 0.5) is 0 Å². The summed E-state index contributed by atoms with van der Waals surface area (Å²) in [6, 6.07) is 4.05. The van der Waals surface area contributed by atoms with E-state index in [0.717, 1.165) is 11.6 Å². The molecule has 0 amide bonds. The summed E-state index contributed by atoms with van der Waals surface area (Å²) in [6.45, 7) is 2.76. The van der Waals surface area contributed by atoms with Crippen LogP contribution >= 0.6 is 22.7 Å². The fourth-order valence-electron chi connectivity index (χ4n) is 1.27. The molecule has 18 heavy (non-hydrogen) atoms. The maximum atomic E-state index is 5.56. The second-order valence-electron chi connectivity index (χ2n) is 3.50. The van der Waals surface area contributed by atoms with Crippen molar-refractivity contribution in [2.75, 3.05) is 20.3 Å². The van der Waals surface area contributed by atoms with Gasteiger partial charge in [-0.15, -0.1) is 16.4 Å². The average Bonchev–Trinajstić information content (AvgIpc) is 3.03. The molecule has 0 aliphatic heterocycles. The average molecular weight is 285 g/mol. The number of aromatic nitrogens is 2. The van der Waals surface area contributed by atoms with Crippen molar-refractivity contribution >= 4 is 22.7 Å². The molecule has 0 aliphatic carbocycles. The Morgan fingerprint density at radius 1 is 1.39 bits per heavy atom. The molecule has 7 heteroatoms. The van der Waals surface area contributed by atoms with Crippen LogP contribution in [-0.2, 0) is 17.9 Å². The number of rotatable bonds is 8. The molecule has 2 aromatic rings. The number of thiophene rings is 1. The highest BCUT2D eigenvalue weighted by molar-refractivity contribution is 7.13. The van der Waals surface area contributed by atoms with Gasteiger partial charge in [0.15, 0.2) is 0 Å². The predicted octanol–water partition coefficient (Wildman–Crippen LogP) is 1.91. The molecule has 5 nitrogen and oxygen atoms in total.